The first-order valence-corrected chi connectivity index (χ1v) is 10.3. The first-order valence-electron chi connectivity index (χ1n) is 8.65. The van der Waals surface area contributed by atoms with Crippen LogP contribution < -0.4 is 5.32 Å². The van der Waals surface area contributed by atoms with Gasteiger partial charge < -0.3 is 5.32 Å². The highest BCUT2D eigenvalue weighted by molar-refractivity contribution is 7.92. The fraction of sp³-hybridized carbons (Fsp3) is 1.00. The third-order valence-electron chi connectivity index (χ3n) is 5.34. The van der Waals surface area contributed by atoms with Crippen LogP contribution in [0.5, 0.6) is 0 Å². The van der Waals surface area contributed by atoms with E-state index in [1.54, 1.807) is 0 Å². The van der Waals surface area contributed by atoms with E-state index in [1.165, 1.54) is 32.1 Å². The summed E-state index contributed by atoms with van der Waals surface area (Å²) in [6, 6.07) is 0.753. The topological polar surface area (TPSA) is 46.2 Å². The van der Waals surface area contributed by atoms with E-state index in [9.17, 15) is 8.42 Å². The summed E-state index contributed by atoms with van der Waals surface area (Å²) >= 11 is 0. The zero-order valence-electron chi connectivity index (χ0n) is 14.2. The average Bonchev–Trinajstić information content (AvgIpc) is 3.18. The summed E-state index contributed by atoms with van der Waals surface area (Å²) in [5.41, 5.74) is 0. The third kappa shape index (κ3) is 4.95. The molecule has 21 heavy (non-hydrogen) atoms. The highest BCUT2D eigenvalue weighted by atomic mass is 32.2. The van der Waals surface area contributed by atoms with E-state index in [0.717, 1.165) is 24.9 Å². The maximum absolute atomic E-state index is 12.3. The largest absolute Gasteiger partial charge is 0.314 e. The molecule has 2 fully saturated rings. The van der Waals surface area contributed by atoms with Crippen molar-refractivity contribution in [3.05, 3.63) is 0 Å². The summed E-state index contributed by atoms with van der Waals surface area (Å²) in [5.74, 6) is 2.37. The number of sulfone groups is 1. The Kier molecular flexibility index (Phi) is 5.40. The lowest BCUT2D eigenvalue weighted by atomic mass is 9.73. The summed E-state index contributed by atoms with van der Waals surface area (Å²) in [7, 11) is -2.98. The molecule has 3 nitrogen and oxygen atoms in total. The van der Waals surface area contributed by atoms with Crippen molar-refractivity contribution < 1.29 is 8.42 Å². The second kappa shape index (κ2) is 6.57. The second-order valence-corrected chi connectivity index (χ2v) is 11.2. The van der Waals surface area contributed by atoms with E-state index in [0.29, 0.717) is 17.6 Å². The van der Waals surface area contributed by atoms with E-state index in [1.807, 2.05) is 20.8 Å². The van der Waals surface area contributed by atoms with Crippen LogP contribution in [0.1, 0.15) is 66.2 Å². The predicted octanol–water partition coefficient (Wildman–Crippen LogP) is 3.39. The summed E-state index contributed by atoms with van der Waals surface area (Å²) in [5, 5.41) is 3.65. The van der Waals surface area contributed by atoms with Crippen LogP contribution in [0.25, 0.3) is 0 Å². The van der Waals surface area contributed by atoms with E-state index < -0.39 is 14.6 Å². The van der Waals surface area contributed by atoms with Crippen molar-refractivity contribution in [2.75, 3.05) is 12.3 Å². The fourth-order valence-electron chi connectivity index (χ4n) is 3.40. The van der Waals surface area contributed by atoms with E-state index in [-0.39, 0.29) is 0 Å². The van der Waals surface area contributed by atoms with Crippen LogP contribution in [0.4, 0.5) is 0 Å². The van der Waals surface area contributed by atoms with Crippen LogP contribution in [-0.2, 0) is 9.84 Å². The summed E-state index contributed by atoms with van der Waals surface area (Å²) < 4.78 is 24.1. The Balaban J connectivity index is 1.89. The molecular weight excluding hydrogens is 282 g/mol. The lowest BCUT2D eigenvalue weighted by Gasteiger charge is -2.35. The molecule has 2 aliphatic rings. The molecular formula is C17H33NO2S. The minimum Gasteiger partial charge on any atom is -0.314 e. The summed E-state index contributed by atoms with van der Waals surface area (Å²) in [4.78, 5) is 0. The van der Waals surface area contributed by atoms with Gasteiger partial charge in [0.2, 0.25) is 0 Å². The number of hydrogen-bond donors (Lipinski definition) is 1. The van der Waals surface area contributed by atoms with Crippen LogP contribution in [-0.4, -0.2) is 31.5 Å². The molecule has 3 unspecified atom stereocenters. The van der Waals surface area contributed by atoms with Gasteiger partial charge in [0.1, 0.15) is 0 Å². The van der Waals surface area contributed by atoms with Crippen LogP contribution in [0.3, 0.4) is 0 Å². The molecule has 0 aromatic carbocycles. The van der Waals surface area contributed by atoms with E-state index in [4.69, 9.17) is 0 Å². The van der Waals surface area contributed by atoms with Gasteiger partial charge in [-0.1, -0.05) is 13.3 Å². The van der Waals surface area contributed by atoms with Gasteiger partial charge in [0, 0.05) is 6.04 Å². The molecule has 0 aromatic rings. The maximum Gasteiger partial charge on any atom is 0.155 e. The van der Waals surface area contributed by atoms with Gasteiger partial charge in [-0.15, -0.1) is 0 Å². The zero-order valence-corrected chi connectivity index (χ0v) is 15.0. The van der Waals surface area contributed by atoms with E-state index in [2.05, 4.69) is 12.2 Å². The average molecular weight is 316 g/mol. The van der Waals surface area contributed by atoms with Gasteiger partial charge in [-0.05, 0) is 77.2 Å². The zero-order chi connectivity index (χ0) is 15.7. The molecule has 0 bridgehead atoms. The lowest BCUT2D eigenvalue weighted by Crippen LogP contribution is -2.36. The molecule has 2 aliphatic carbocycles. The van der Waals surface area contributed by atoms with Gasteiger partial charge in [-0.2, -0.15) is 0 Å². The van der Waals surface area contributed by atoms with Crippen molar-refractivity contribution in [3.8, 4) is 0 Å². The minimum absolute atomic E-state index is 0.355. The second-order valence-electron chi connectivity index (χ2n) is 8.34. The van der Waals surface area contributed by atoms with Crippen molar-refractivity contribution in [2.45, 2.75) is 77.0 Å². The van der Waals surface area contributed by atoms with Crippen LogP contribution in [0.2, 0.25) is 0 Å². The number of rotatable bonds is 6. The van der Waals surface area contributed by atoms with Crippen LogP contribution in [0.15, 0.2) is 0 Å². The minimum atomic E-state index is -2.98. The Morgan fingerprint density at radius 3 is 2.29 bits per heavy atom. The summed E-state index contributed by atoms with van der Waals surface area (Å²) in [6.45, 7) is 8.86. The van der Waals surface area contributed by atoms with Gasteiger partial charge in [0.05, 0.1) is 10.5 Å². The van der Waals surface area contributed by atoms with Crippen molar-refractivity contribution >= 4 is 9.84 Å². The molecule has 4 heteroatoms. The summed E-state index contributed by atoms with van der Waals surface area (Å²) in [6.07, 6.45) is 7.27. The van der Waals surface area contributed by atoms with Crippen LogP contribution in [0, 0.1) is 17.8 Å². The highest BCUT2D eigenvalue weighted by Crippen LogP contribution is 2.36. The predicted molar refractivity (Wildman–Crippen MR) is 89.2 cm³/mol. The normalized spacial score (nSPS) is 31.3. The van der Waals surface area contributed by atoms with Crippen molar-refractivity contribution in [2.24, 2.45) is 17.8 Å². The molecule has 0 aliphatic heterocycles. The molecule has 0 spiro atoms. The maximum atomic E-state index is 12.3. The SMILES string of the molecule is CC1CCC(CNC2CC2)C(CCS(=O)(=O)C(C)(C)C)C1. The molecule has 1 N–H and O–H groups in total. The van der Waals surface area contributed by atoms with Crippen molar-refractivity contribution in [3.63, 3.8) is 0 Å². The van der Waals surface area contributed by atoms with Gasteiger partial charge in [-0.3, -0.25) is 0 Å². The Morgan fingerprint density at radius 1 is 1.05 bits per heavy atom. The third-order valence-corrected chi connectivity index (χ3v) is 7.98. The monoisotopic (exact) mass is 315 g/mol. The quantitative estimate of drug-likeness (QED) is 0.817. The van der Waals surface area contributed by atoms with Gasteiger partial charge in [0.15, 0.2) is 9.84 Å². The Bertz CT molecular complexity index is 434. The first-order chi connectivity index (χ1) is 9.69. The Hall–Kier alpha value is -0.0900. The molecule has 0 heterocycles. The molecule has 0 amide bonds. The Morgan fingerprint density at radius 2 is 1.71 bits per heavy atom. The molecule has 0 saturated heterocycles. The smallest absolute Gasteiger partial charge is 0.155 e. The van der Waals surface area contributed by atoms with Crippen LogP contribution >= 0.6 is 0 Å². The van der Waals surface area contributed by atoms with Crippen molar-refractivity contribution in [1.29, 1.82) is 0 Å². The molecule has 3 atom stereocenters. The van der Waals surface area contributed by atoms with Gasteiger partial charge >= 0.3 is 0 Å². The molecule has 0 aromatic heterocycles. The van der Waals surface area contributed by atoms with Gasteiger partial charge in [0.25, 0.3) is 0 Å². The molecule has 2 rings (SSSR count). The van der Waals surface area contributed by atoms with Crippen molar-refractivity contribution in [1.82, 2.24) is 5.32 Å². The number of hydrogen-bond acceptors (Lipinski definition) is 3. The standard InChI is InChI=1S/C17H33NO2S/c1-13-5-6-15(12-18-16-7-8-16)14(11-13)9-10-21(19,20)17(2,3)4/h13-16,18H,5-12H2,1-4H3. The fourth-order valence-corrected chi connectivity index (χ4v) is 4.63. The molecule has 2 saturated carbocycles. The Labute approximate surface area is 131 Å². The van der Waals surface area contributed by atoms with E-state index >= 15 is 0 Å². The molecule has 0 radical (unpaired) electrons. The van der Waals surface area contributed by atoms with Gasteiger partial charge in [-0.25, -0.2) is 8.42 Å². The first kappa shape index (κ1) is 17.3. The lowest BCUT2D eigenvalue weighted by molar-refractivity contribution is 0.180. The number of nitrogens with one attached hydrogen (secondary N) is 1. The molecule has 124 valence electrons. The highest BCUT2D eigenvalue weighted by Gasteiger charge is 2.34.